The number of alkyl halides is 3. The number of anilines is 3. The van der Waals surface area contributed by atoms with Crippen LogP contribution in [0.5, 0.6) is 0 Å². The Labute approximate surface area is 237 Å². The molecular formula is C31H32F3N5O2. The molecule has 10 heteroatoms. The summed E-state index contributed by atoms with van der Waals surface area (Å²) >= 11 is 0. The Hall–Kier alpha value is -4.39. The molecule has 1 aromatic heterocycles. The number of benzene rings is 2. The molecule has 0 saturated carbocycles. The van der Waals surface area contributed by atoms with Crippen molar-refractivity contribution in [3.8, 4) is 17.2 Å². The molecule has 0 aliphatic carbocycles. The van der Waals surface area contributed by atoms with Crippen LogP contribution in [0.2, 0.25) is 0 Å². The molecule has 0 amide bonds. The average molecular weight is 564 g/mol. The van der Waals surface area contributed by atoms with Gasteiger partial charge in [-0.1, -0.05) is 32.0 Å². The standard InChI is InChI=1S/C31H32F3N5O2/c1-4-41-30(40)26-17-25(21-8-10-24(11-9-21)39-14-12-20(18-35)13-15-39)27(28(36)19(2)3)29(38-26)37-23-7-5-6-22(16-23)31(32,33)34/h5-11,16-17,19-20,36H,4,12-15H2,1-3H3,(H,37,38). The molecule has 1 aliphatic heterocycles. The van der Waals surface area contributed by atoms with E-state index in [0.29, 0.717) is 16.7 Å². The Kier molecular flexibility index (Phi) is 8.96. The topological polar surface area (TPSA) is 102 Å². The van der Waals surface area contributed by atoms with Crippen molar-refractivity contribution in [2.45, 2.75) is 39.8 Å². The number of hydrogen-bond acceptors (Lipinski definition) is 7. The Morgan fingerprint density at radius 2 is 1.85 bits per heavy atom. The van der Waals surface area contributed by atoms with Crippen LogP contribution in [0, 0.1) is 28.6 Å². The van der Waals surface area contributed by atoms with Gasteiger partial charge in [0.2, 0.25) is 0 Å². The molecular weight excluding hydrogens is 531 g/mol. The van der Waals surface area contributed by atoms with Crippen molar-refractivity contribution in [1.82, 2.24) is 4.98 Å². The van der Waals surface area contributed by atoms with Gasteiger partial charge in [-0.25, -0.2) is 9.78 Å². The number of halogens is 3. The minimum Gasteiger partial charge on any atom is -0.461 e. The number of ether oxygens (including phenoxy) is 1. The Morgan fingerprint density at radius 1 is 1.17 bits per heavy atom. The molecule has 1 aliphatic rings. The molecule has 0 spiro atoms. The number of piperidine rings is 1. The van der Waals surface area contributed by atoms with E-state index in [-0.39, 0.29) is 41.4 Å². The number of aromatic nitrogens is 1. The molecule has 7 nitrogen and oxygen atoms in total. The summed E-state index contributed by atoms with van der Waals surface area (Å²) in [6.45, 7) is 7.01. The quantitative estimate of drug-likeness (QED) is 0.218. The van der Waals surface area contributed by atoms with Gasteiger partial charge in [-0.05, 0) is 73.2 Å². The van der Waals surface area contributed by atoms with Crippen LogP contribution >= 0.6 is 0 Å². The predicted octanol–water partition coefficient (Wildman–Crippen LogP) is 7.45. The van der Waals surface area contributed by atoms with Crippen LogP contribution < -0.4 is 10.2 Å². The molecule has 0 unspecified atom stereocenters. The van der Waals surface area contributed by atoms with Crippen LogP contribution in [0.3, 0.4) is 0 Å². The normalized spacial score (nSPS) is 14.0. The average Bonchev–Trinajstić information content (AvgIpc) is 2.96. The Balaban J connectivity index is 1.82. The van der Waals surface area contributed by atoms with Crippen LogP contribution in [0.1, 0.15) is 55.2 Å². The first-order valence-electron chi connectivity index (χ1n) is 13.5. The van der Waals surface area contributed by atoms with Crippen molar-refractivity contribution in [3.63, 3.8) is 0 Å². The minimum atomic E-state index is -4.54. The van der Waals surface area contributed by atoms with Gasteiger partial charge >= 0.3 is 12.1 Å². The molecule has 1 fully saturated rings. The highest BCUT2D eigenvalue weighted by Crippen LogP contribution is 2.36. The van der Waals surface area contributed by atoms with E-state index in [1.165, 1.54) is 12.1 Å². The summed E-state index contributed by atoms with van der Waals surface area (Å²) in [5, 5.41) is 21.1. The number of rotatable bonds is 8. The number of nitrogens with one attached hydrogen (secondary N) is 2. The third-order valence-electron chi connectivity index (χ3n) is 7.02. The second-order valence-electron chi connectivity index (χ2n) is 10.2. The lowest BCUT2D eigenvalue weighted by molar-refractivity contribution is -0.137. The lowest BCUT2D eigenvalue weighted by Gasteiger charge is -2.31. The first-order valence-corrected chi connectivity index (χ1v) is 13.5. The van der Waals surface area contributed by atoms with Crippen LogP contribution in [0.15, 0.2) is 54.6 Å². The zero-order chi connectivity index (χ0) is 29.7. The van der Waals surface area contributed by atoms with Gasteiger partial charge in [0.15, 0.2) is 5.69 Å². The predicted molar refractivity (Wildman–Crippen MR) is 153 cm³/mol. The van der Waals surface area contributed by atoms with E-state index < -0.39 is 17.7 Å². The summed E-state index contributed by atoms with van der Waals surface area (Å²) in [5.74, 6) is -0.769. The number of esters is 1. The third kappa shape index (κ3) is 6.85. The third-order valence-corrected chi connectivity index (χ3v) is 7.02. The first kappa shape index (κ1) is 29.6. The molecule has 2 N–H and O–H groups in total. The van der Waals surface area contributed by atoms with E-state index >= 15 is 0 Å². The van der Waals surface area contributed by atoms with E-state index in [4.69, 9.17) is 10.1 Å². The highest BCUT2D eigenvalue weighted by molar-refractivity contribution is 6.10. The number of hydrogen-bond donors (Lipinski definition) is 2. The van der Waals surface area contributed by atoms with Crippen molar-refractivity contribution in [1.29, 1.82) is 10.7 Å². The van der Waals surface area contributed by atoms with Crippen molar-refractivity contribution in [2.24, 2.45) is 11.8 Å². The Bertz CT molecular complexity index is 1450. The van der Waals surface area contributed by atoms with E-state index in [2.05, 4.69) is 21.3 Å². The lowest BCUT2D eigenvalue weighted by atomic mass is 9.91. The van der Waals surface area contributed by atoms with Gasteiger partial charge in [0.05, 0.1) is 18.2 Å². The number of carbonyl (C=O) groups is 1. The molecule has 0 radical (unpaired) electrons. The summed E-state index contributed by atoms with van der Waals surface area (Å²) in [6.07, 6.45) is -2.94. The van der Waals surface area contributed by atoms with Crippen molar-refractivity contribution in [2.75, 3.05) is 29.9 Å². The number of nitriles is 1. The molecule has 214 valence electrons. The zero-order valence-corrected chi connectivity index (χ0v) is 23.2. The summed E-state index contributed by atoms with van der Waals surface area (Å²) in [6, 6.07) is 16.3. The summed E-state index contributed by atoms with van der Waals surface area (Å²) < 4.78 is 45.4. The van der Waals surface area contributed by atoms with Gasteiger partial charge in [0.25, 0.3) is 0 Å². The van der Waals surface area contributed by atoms with E-state index in [0.717, 1.165) is 43.8 Å². The highest BCUT2D eigenvalue weighted by Gasteiger charge is 2.31. The second-order valence-corrected chi connectivity index (χ2v) is 10.2. The summed E-state index contributed by atoms with van der Waals surface area (Å²) in [5.41, 5.74) is 2.08. The Morgan fingerprint density at radius 3 is 2.44 bits per heavy atom. The van der Waals surface area contributed by atoms with Gasteiger partial charge in [-0.15, -0.1) is 0 Å². The zero-order valence-electron chi connectivity index (χ0n) is 23.2. The van der Waals surface area contributed by atoms with Gasteiger partial charge in [0, 0.05) is 41.7 Å². The van der Waals surface area contributed by atoms with Gasteiger partial charge in [0.1, 0.15) is 5.82 Å². The molecule has 0 bridgehead atoms. The second kappa shape index (κ2) is 12.4. The molecule has 0 atom stereocenters. The monoisotopic (exact) mass is 563 g/mol. The van der Waals surface area contributed by atoms with Crippen LogP contribution in [-0.2, 0) is 10.9 Å². The maximum absolute atomic E-state index is 13.4. The molecule has 4 rings (SSSR count). The van der Waals surface area contributed by atoms with E-state index in [1.807, 2.05) is 38.1 Å². The number of pyridine rings is 1. The smallest absolute Gasteiger partial charge is 0.416 e. The maximum Gasteiger partial charge on any atom is 0.416 e. The summed E-state index contributed by atoms with van der Waals surface area (Å²) in [4.78, 5) is 19.4. The van der Waals surface area contributed by atoms with Crippen LogP contribution in [0.4, 0.5) is 30.4 Å². The fourth-order valence-electron chi connectivity index (χ4n) is 4.76. The molecule has 3 aromatic rings. The van der Waals surface area contributed by atoms with Crippen molar-refractivity contribution in [3.05, 3.63) is 71.4 Å². The molecule has 2 heterocycles. The first-order chi connectivity index (χ1) is 19.5. The number of carbonyl (C=O) groups excluding carboxylic acids is 1. The fourth-order valence-corrected chi connectivity index (χ4v) is 4.76. The summed E-state index contributed by atoms with van der Waals surface area (Å²) in [7, 11) is 0. The van der Waals surface area contributed by atoms with Crippen molar-refractivity contribution < 1.29 is 22.7 Å². The van der Waals surface area contributed by atoms with Gasteiger partial charge in [-0.2, -0.15) is 18.4 Å². The molecule has 41 heavy (non-hydrogen) atoms. The largest absolute Gasteiger partial charge is 0.461 e. The van der Waals surface area contributed by atoms with Gasteiger partial charge in [-0.3, -0.25) is 0 Å². The van der Waals surface area contributed by atoms with E-state index in [9.17, 15) is 23.2 Å². The van der Waals surface area contributed by atoms with E-state index in [1.54, 1.807) is 13.0 Å². The lowest BCUT2D eigenvalue weighted by Crippen LogP contribution is -2.33. The molecule has 1 saturated heterocycles. The maximum atomic E-state index is 13.4. The molecule has 2 aromatic carbocycles. The van der Waals surface area contributed by atoms with Crippen LogP contribution in [-0.4, -0.2) is 36.4 Å². The number of nitrogens with zero attached hydrogens (tertiary/aromatic N) is 3. The SMILES string of the molecule is CCOC(=O)c1cc(-c2ccc(N3CCC(C#N)CC3)cc2)c(C(=N)C(C)C)c(Nc2cccc(C(F)(F)F)c2)n1. The van der Waals surface area contributed by atoms with Gasteiger partial charge < -0.3 is 20.4 Å². The van der Waals surface area contributed by atoms with Crippen LogP contribution in [0.25, 0.3) is 11.1 Å². The highest BCUT2D eigenvalue weighted by atomic mass is 19.4. The van der Waals surface area contributed by atoms with Crippen molar-refractivity contribution >= 4 is 28.9 Å². The fraction of sp³-hybridized carbons (Fsp3) is 0.355. The minimum absolute atomic E-state index is 0.0284.